The number of aliphatic hydroxyl groups excluding tert-OH is 1. The number of hydrogen-bond acceptors (Lipinski definition) is 4. The molecule has 118 valence electrons. The van der Waals surface area contributed by atoms with Crippen LogP contribution in [-0.2, 0) is 4.79 Å². The molecule has 3 aliphatic rings. The van der Waals surface area contributed by atoms with Crippen molar-refractivity contribution >= 4 is 23.8 Å². The molecule has 0 aromatic heterocycles. The van der Waals surface area contributed by atoms with Gasteiger partial charge in [-0.3, -0.25) is 4.90 Å². The number of urea groups is 1. The fraction of sp³-hybridized carbons (Fsp3) is 0.857. The summed E-state index contributed by atoms with van der Waals surface area (Å²) in [5.41, 5.74) is 0. The molecule has 3 rings (SSSR count). The van der Waals surface area contributed by atoms with E-state index in [1.807, 2.05) is 0 Å². The van der Waals surface area contributed by atoms with Crippen LogP contribution in [0.3, 0.4) is 0 Å². The monoisotopic (exact) mass is 314 g/mol. The van der Waals surface area contributed by atoms with Crippen molar-refractivity contribution in [2.75, 3.05) is 19.3 Å². The SMILES string of the molecule is CN(CC1CC(O)C1)C(=O)N1C(C(=O)O)CSC1C1CC1. The lowest BCUT2D eigenvalue weighted by atomic mass is 9.82. The predicted molar refractivity (Wildman–Crippen MR) is 79.0 cm³/mol. The summed E-state index contributed by atoms with van der Waals surface area (Å²) in [6, 6.07) is -0.881. The van der Waals surface area contributed by atoms with E-state index in [-0.39, 0.29) is 17.5 Å². The van der Waals surface area contributed by atoms with E-state index < -0.39 is 12.0 Å². The van der Waals surface area contributed by atoms with E-state index in [2.05, 4.69) is 0 Å². The van der Waals surface area contributed by atoms with Crippen LogP contribution in [-0.4, -0.2) is 68.9 Å². The number of carbonyl (C=O) groups is 2. The molecule has 0 radical (unpaired) electrons. The van der Waals surface area contributed by atoms with Gasteiger partial charge in [0, 0.05) is 19.3 Å². The van der Waals surface area contributed by atoms with Crippen LogP contribution >= 0.6 is 11.8 Å². The first-order valence-electron chi connectivity index (χ1n) is 7.53. The zero-order chi connectivity index (χ0) is 15.1. The van der Waals surface area contributed by atoms with Gasteiger partial charge in [-0.15, -0.1) is 11.8 Å². The van der Waals surface area contributed by atoms with E-state index in [9.17, 15) is 19.8 Å². The van der Waals surface area contributed by atoms with Crippen molar-refractivity contribution in [3.8, 4) is 0 Å². The van der Waals surface area contributed by atoms with Gasteiger partial charge in [0.2, 0.25) is 0 Å². The van der Waals surface area contributed by atoms with E-state index in [1.165, 1.54) is 0 Å². The average molecular weight is 314 g/mol. The predicted octanol–water partition coefficient (Wildman–Crippen LogP) is 1.05. The lowest BCUT2D eigenvalue weighted by molar-refractivity contribution is -0.141. The van der Waals surface area contributed by atoms with E-state index in [1.54, 1.807) is 28.6 Å². The Balaban J connectivity index is 1.65. The smallest absolute Gasteiger partial charge is 0.327 e. The van der Waals surface area contributed by atoms with Crippen molar-refractivity contribution in [1.82, 2.24) is 9.80 Å². The summed E-state index contributed by atoms with van der Waals surface area (Å²) in [7, 11) is 1.74. The van der Waals surface area contributed by atoms with Gasteiger partial charge >= 0.3 is 12.0 Å². The average Bonchev–Trinajstić information content (AvgIpc) is 3.14. The highest BCUT2D eigenvalue weighted by atomic mass is 32.2. The Morgan fingerprint density at radius 3 is 2.52 bits per heavy atom. The fourth-order valence-electron chi connectivity index (χ4n) is 3.22. The second-order valence-electron chi connectivity index (χ2n) is 6.48. The van der Waals surface area contributed by atoms with Crippen LogP contribution in [0.2, 0.25) is 0 Å². The lowest BCUT2D eigenvalue weighted by Gasteiger charge is -2.37. The minimum Gasteiger partial charge on any atom is -0.480 e. The Labute approximate surface area is 128 Å². The van der Waals surface area contributed by atoms with Gasteiger partial charge in [0.1, 0.15) is 6.04 Å². The number of carbonyl (C=O) groups excluding carboxylic acids is 1. The van der Waals surface area contributed by atoms with Gasteiger partial charge in [0.05, 0.1) is 11.5 Å². The molecule has 0 aromatic carbocycles. The number of hydrogen-bond donors (Lipinski definition) is 2. The third-order valence-corrected chi connectivity index (χ3v) is 6.10. The number of nitrogens with zero attached hydrogens (tertiary/aromatic N) is 2. The Hall–Kier alpha value is -0.950. The third kappa shape index (κ3) is 2.99. The second-order valence-corrected chi connectivity index (χ2v) is 7.63. The van der Waals surface area contributed by atoms with Crippen molar-refractivity contribution in [2.45, 2.75) is 43.2 Å². The highest BCUT2D eigenvalue weighted by Crippen LogP contribution is 2.45. The van der Waals surface area contributed by atoms with Crippen molar-refractivity contribution in [2.24, 2.45) is 11.8 Å². The maximum absolute atomic E-state index is 12.7. The van der Waals surface area contributed by atoms with E-state index in [0.717, 1.165) is 25.7 Å². The van der Waals surface area contributed by atoms with Gasteiger partial charge in [-0.2, -0.15) is 0 Å². The third-order valence-electron chi connectivity index (χ3n) is 4.64. The quantitative estimate of drug-likeness (QED) is 0.810. The first kappa shape index (κ1) is 15.0. The number of thioether (sulfide) groups is 1. The zero-order valence-corrected chi connectivity index (χ0v) is 13.0. The zero-order valence-electron chi connectivity index (χ0n) is 12.1. The lowest BCUT2D eigenvalue weighted by Crippen LogP contribution is -2.52. The maximum atomic E-state index is 12.7. The Morgan fingerprint density at radius 2 is 2.00 bits per heavy atom. The van der Waals surface area contributed by atoms with Gasteiger partial charge in [0.15, 0.2) is 0 Å². The van der Waals surface area contributed by atoms with Crippen LogP contribution in [0.15, 0.2) is 0 Å². The highest BCUT2D eigenvalue weighted by Gasteiger charge is 2.49. The second kappa shape index (κ2) is 5.68. The van der Waals surface area contributed by atoms with Crippen molar-refractivity contribution in [3.05, 3.63) is 0 Å². The Bertz CT molecular complexity index is 437. The van der Waals surface area contributed by atoms with E-state index in [4.69, 9.17) is 0 Å². The maximum Gasteiger partial charge on any atom is 0.327 e. The van der Waals surface area contributed by atoms with Gasteiger partial charge in [-0.1, -0.05) is 0 Å². The fourth-order valence-corrected chi connectivity index (χ4v) is 4.84. The van der Waals surface area contributed by atoms with Gasteiger partial charge < -0.3 is 15.1 Å². The van der Waals surface area contributed by atoms with E-state index in [0.29, 0.717) is 24.1 Å². The minimum atomic E-state index is -0.911. The van der Waals surface area contributed by atoms with Crippen molar-refractivity contribution in [1.29, 1.82) is 0 Å². The summed E-state index contributed by atoms with van der Waals surface area (Å²) in [6.45, 7) is 0.598. The van der Waals surface area contributed by atoms with E-state index >= 15 is 0 Å². The molecule has 2 atom stereocenters. The summed E-state index contributed by atoms with van der Waals surface area (Å²) >= 11 is 1.60. The molecule has 2 amide bonds. The first-order valence-corrected chi connectivity index (χ1v) is 8.58. The molecule has 0 aromatic rings. The number of carboxylic acid groups (broad SMARTS) is 1. The molecule has 0 spiro atoms. The largest absolute Gasteiger partial charge is 0.480 e. The molecule has 7 heteroatoms. The van der Waals surface area contributed by atoms with Crippen LogP contribution in [0, 0.1) is 11.8 Å². The summed E-state index contributed by atoms with van der Waals surface area (Å²) in [6.07, 6.45) is 3.42. The number of aliphatic carboxylic acids is 1. The Morgan fingerprint density at radius 1 is 1.33 bits per heavy atom. The number of aliphatic hydroxyl groups is 1. The molecule has 6 nitrogen and oxygen atoms in total. The Kier molecular flexibility index (Phi) is 4.05. The number of carboxylic acids is 1. The summed E-state index contributed by atoms with van der Waals surface area (Å²) in [4.78, 5) is 27.3. The highest BCUT2D eigenvalue weighted by molar-refractivity contribution is 8.00. The van der Waals surface area contributed by atoms with Crippen LogP contribution in [0.5, 0.6) is 0 Å². The molecule has 2 unspecified atom stereocenters. The van der Waals surface area contributed by atoms with Crippen LogP contribution in [0.4, 0.5) is 4.79 Å². The molecule has 2 aliphatic carbocycles. The number of rotatable bonds is 4. The molecule has 2 N–H and O–H groups in total. The molecule has 1 aliphatic heterocycles. The van der Waals surface area contributed by atoms with Crippen molar-refractivity contribution < 1.29 is 19.8 Å². The first-order chi connectivity index (χ1) is 9.97. The summed E-state index contributed by atoms with van der Waals surface area (Å²) in [5, 5.41) is 18.7. The number of amides is 2. The normalized spacial score (nSPS) is 35.4. The van der Waals surface area contributed by atoms with Gasteiger partial charge in [0.25, 0.3) is 0 Å². The van der Waals surface area contributed by atoms with Crippen LogP contribution < -0.4 is 0 Å². The van der Waals surface area contributed by atoms with Gasteiger partial charge in [-0.25, -0.2) is 9.59 Å². The molecule has 2 saturated carbocycles. The standard InChI is InChI=1S/C14H22N2O4S/c1-15(6-8-4-10(17)5-8)14(20)16-11(13(18)19)7-21-12(16)9-2-3-9/h8-12,17H,2-7H2,1H3,(H,18,19). The summed E-state index contributed by atoms with van der Waals surface area (Å²) < 4.78 is 0. The minimum absolute atomic E-state index is 0.0213. The molecular formula is C14H22N2O4S. The van der Waals surface area contributed by atoms with Crippen molar-refractivity contribution in [3.63, 3.8) is 0 Å². The summed E-state index contributed by atoms with van der Waals surface area (Å²) in [5.74, 6) is 0.374. The van der Waals surface area contributed by atoms with Crippen LogP contribution in [0.25, 0.3) is 0 Å². The molecular weight excluding hydrogens is 292 g/mol. The molecule has 21 heavy (non-hydrogen) atoms. The van der Waals surface area contributed by atoms with Crippen LogP contribution in [0.1, 0.15) is 25.7 Å². The molecule has 0 bridgehead atoms. The molecule has 1 heterocycles. The topological polar surface area (TPSA) is 81.1 Å². The molecule has 1 saturated heterocycles. The van der Waals surface area contributed by atoms with Gasteiger partial charge in [-0.05, 0) is 37.5 Å². The molecule has 3 fully saturated rings.